The number of phenolic OH excluding ortho intramolecular Hbond substituents is 1. The molecule has 4 heteroatoms. The first-order valence-corrected chi connectivity index (χ1v) is 5.74. The molecule has 0 radical (unpaired) electrons. The second-order valence-electron chi connectivity index (χ2n) is 4.10. The molecule has 15 heavy (non-hydrogen) atoms. The molecule has 0 amide bonds. The van der Waals surface area contributed by atoms with Crippen LogP contribution in [0.25, 0.3) is 0 Å². The third-order valence-corrected chi connectivity index (χ3v) is 3.28. The monoisotopic (exact) mass is 245 g/mol. The van der Waals surface area contributed by atoms with Crippen LogP contribution in [0.15, 0.2) is 12.1 Å². The van der Waals surface area contributed by atoms with Crippen molar-refractivity contribution in [2.24, 2.45) is 5.92 Å². The van der Waals surface area contributed by atoms with Crippen molar-refractivity contribution >= 4 is 23.2 Å². The van der Waals surface area contributed by atoms with Gasteiger partial charge in [0.25, 0.3) is 0 Å². The third kappa shape index (κ3) is 2.57. The molecule has 0 saturated heterocycles. The number of rotatable bonds is 3. The molecule has 1 saturated carbocycles. The fourth-order valence-corrected chi connectivity index (χ4v) is 2.14. The zero-order chi connectivity index (χ0) is 11.0. The molecule has 1 fully saturated rings. The summed E-state index contributed by atoms with van der Waals surface area (Å²) in [6, 6.07) is 3.85. The van der Waals surface area contributed by atoms with E-state index in [0.29, 0.717) is 22.6 Å². The Balaban J connectivity index is 2.06. The van der Waals surface area contributed by atoms with Crippen LogP contribution >= 0.6 is 23.2 Å². The van der Waals surface area contributed by atoms with Gasteiger partial charge in [-0.15, -0.1) is 0 Å². The molecule has 2 N–H and O–H groups in total. The summed E-state index contributed by atoms with van der Waals surface area (Å²) in [6.07, 6.45) is 1.20. The van der Waals surface area contributed by atoms with E-state index in [9.17, 15) is 5.11 Å². The van der Waals surface area contributed by atoms with Gasteiger partial charge in [0.2, 0.25) is 0 Å². The van der Waals surface area contributed by atoms with Gasteiger partial charge in [0, 0.05) is 23.2 Å². The van der Waals surface area contributed by atoms with Gasteiger partial charge in [-0.25, -0.2) is 0 Å². The van der Waals surface area contributed by atoms with E-state index >= 15 is 0 Å². The third-order valence-electron chi connectivity index (χ3n) is 2.77. The molecule has 1 aromatic rings. The molecule has 2 rings (SSSR count). The van der Waals surface area contributed by atoms with Crippen LogP contribution in [0.4, 0.5) is 0 Å². The number of phenols is 1. The summed E-state index contributed by atoms with van der Waals surface area (Å²) in [5.41, 5.74) is 0.756. The number of hydrogen-bond acceptors (Lipinski definition) is 2. The first-order valence-electron chi connectivity index (χ1n) is 4.98. The summed E-state index contributed by atoms with van der Waals surface area (Å²) >= 11 is 11.7. The maximum atomic E-state index is 9.69. The van der Waals surface area contributed by atoms with Gasteiger partial charge in [0.1, 0.15) is 5.75 Å². The summed E-state index contributed by atoms with van der Waals surface area (Å²) in [6.45, 7) is 2.81. The molecule has 0 aliphatic heterocycles. The number of nitrogens with one attached hydrogen (secondary N) is 1. The first kappa shape index (κ1) is 11.1. The lowest BCUT2D eigenvalue weighted by atomic mass is 10.2. The van der Waals surface area contributed by atoms with E-state index in [4.69, 9.17) is 23.2 Å². The van der Waals surface area contributed by atoms with Gasteiger partial charge in [-0.3, -0.25) is 0 Å². The molecule has 1 aromatic carbocycles. The van der Waals surface area contributed by atoms with Crippen molar-refractivity contribution in [2.45, 2.75) is 25.9 Å². The van der Waals surface area contributed by atoms with E-state index in [1.54, 1.807) is 12.1 Å². The zero-order valence-electron chi connectivity index (χ0n) is 8.43. The average Bonchev–Trinajstić information content (AvgIpc) is 2.86. The van der Waals surface area contributed by atoms with Crippen LogP contribution in [-0.2, 0) is 6.54 Å². The topological polar surface area (TPSA) is 32.3 Å². The predicted octanol–water partition coefficient (Wildman–Crippen LogP) is 3.20. The van der Waals surface area contributed by atoms with E-state index in [1.807, 2.05) is 0 Å². The van der Waals surface area contributed by atoms with Crippen LogP contribution in [0.1, 0.15) is 18.9 Å². The molecule has 1 aliphatic carbocycles. The van der Waals surface area contributed by atoms with Crippen LogP contribution < -0.4 is 5.32 Å². The Morgan fingerprint density at radius 2 is 2.13 bits per heavy atom. The van der Waals surface area contributed by atoms with E-state index < -0.39 is 0 Å². The highest BCUT2D eigenvalue weighted by molar-refractivity contribution is 6.35. The summed E-state index contributed by atoms with van der Waals surface area (Å²) in [4.78, 5) is 0. The molecule has 0 bridgehead atoms. The fourth-order valence-electron chi connectivity index (χ4n) is 1.60. The summed E-state index contributed by atoms with van der Waals surface area (Å²) in [5, 5.41) is 13.9. The molecule has 0 spiro atoms. The quantitative estimate of drug-likeness (QED) is 0.858. The van der Waals surface area contributed by atoms with Crippen molar-refractivity contribution in [2.75, 3.05) is 0 Å². The van der Waals surface area contributed by atoms with Crippen LogP contribution in [0.3, 0.4) is 0 Å². The summed E-state index contributed by atoms with van der Waals surface area (Å²) in [7, 11) is 0. The van der Waals surface area contributed by atoms with Gasteiger partial charge in [-0.05, 0) is 24.5 Å². The SMILES string of the molecule is CC1CC1NCc1cc(Cl)cc(Cl)c1O. The van der Waals surface area contributed by atoms with Gasteiger partial charge < -0.3 is 10.4 Å². The van der Waals surface area contributed by atoms with Gasteiger partial charge in [0.05, 0.1) is 5.02 Å². The number of halogens is 2. The lowest BCUT2D eigenvalue weighted by Gasteiger charge is -2.08. The maximum Gasteiger partial charge on any atom is 0.138 e. The van der Waals surface area contributed by atoms with Crippen LogP contribution in [0.2, 0.25) is 10.0 Å². The lowest BCUT2D eigenvalue weighted by molar-refractivity contribution is 0.464. The van der Waals surface area contributed by atoms with E-state index in [-0.39, 0.29) is 5.75 Å². The molecule has 2 atom stereocenters. The Kier molecular flexibility index (Phi) is 3.10. The summed E-state index contributed by atoms with van der Waals surface area (Å²) < 4.78 is 0. The van der Waals surface area contributed by atoms with Crippen LogP contribution in [-0.4, -0.2) is 11.1 Å². The number of benzene rings is 1. The van der Waals surface area contributed by atoms with Gasteiger partial charge in [0.15, 0.2) is 0 Å². The molecule has 82 valence electrons. The Morgan fingerprint density at radius 3 is 2.73 bits per heavy atom. The fraction of sp³-hybridized carbons (Fsp3) is 0.455. The van der Waals surface area contributed by atoms with Gasteiger partial charge >= 0.3 is 0 Å². The lowest BCUT2D eigenvalue weighted by Crippen LogP contribution is -2.17. The first-order chi connectivity index (χ1) is 7.08. The highest BCUT2D eigenvalue weighted by Gasteiger charge is 2.31. The Hall–Kier alpha value is -0.440. The standard InChI is InChI=1S/C11H13Cl2NO/c1-6-2-10(6)14-5-7-3-8(12)4-9(13)11(7)15/h3-4,6,10,14-15H,2,5H2,1H3. The van der Waals surface area contributed by atoms with Crippen molar-refractivity contribution in [3.63, 3.8) is 0 Å². The van der Waals surface area contributed by atoms with Crippen LogP contribution in [0, 0.1) is 5.92 Å². The minimum Gasteiger partial charge on any atom is -0.506 e. The summed E-state index contributed by atoms with van der Waals surface area (Å²) in [5.74, 6) is 0.865. The molecule has 2 unspecified atom stereocenters. The number of aromatic hydroxyl groups is 1. The second-order valence-corrected chi connectivity index (χ2v) is 4.94. The second kappa shape index (κ2) is 4.20. The molecular formula is C11H13Cl2NO. The minimum atomic E-state index is 0.127. The zero-order valence-corrected chi connectivity index (χ0v) is 9.94. The highest BCUT2D eigenvalue weighted by atomic mass is 35.5. The normalized spacial score (nSPS) is 24.2. The van der Waals surface area contributed by atoms with Crippen molar-refractivity contribution < 1.29 is 5.11 Å². The minimum absolute atomic E-state index is 0.127. The molecule has 0 aromatic heterocycles. The Labute approximate surface area is 99.2 Å². The molecule has 0 heterocycles. The van der Waals surface area contributed by atoms with Crippen molar-refractivity contribution in [3.8, 4) is 5.75 Å². The largest absolute Gasteiger partial charge is 0.506 e. The van der Waals surface area contributed by atoms with Crippen molar-refractivity contribution in [1.29, 1.82) is 0 Å². The smallest absolute Gasteiger partial charge is 0.138 e. The molecule has 1 aliphatic rings. The maximum absolute atomic E-state index is 9.69. The average molecular weight is 246 g/mol. The van der Waals surface area contributed by atoms with Crippen molar-refractivity contribution in [3.05, 3.63) is 27.7 Å². The molecular weight excluding hydrogens is 233 g/mol. The Morgan fingerprint density at radius 1 is 1.47 bits per heavy atom. The Bertz CT molecular complexity index is 381. The number of hydrogen-bond donors (Lipinski definition) is 2. The van der Waals surface area contributed by atoms with Crippen LogP contribution in [0.5, 0.6) is 5.75 Å². The van der Waals surface area contributed by atoms with Gasteiger partial charge in [-0.2, -0.15) is 0 Å². The highest BCUT2D eigenvalue weighted by Crippen LogP contribution is 2.33. The molecule has 2 nitrogen and oxygen atoms in total. The van der Waals surface area contributed by atoms with Gasteiger partial charge in [-0.1, -0.05) is 30.1 Å². The van der Waals surface area contributed by atoms with E-state index in [2.05, 4.69) is 12.2 Å². The van der Waals surface area contributed by atoms with E-state index in [1.165, 1.54) is 6.42 Å². The van der Waals surface area contributed by atoms with Crippen molar-refractivity contribution in [1.82, 2.24) is 5.32 Å². The van der Waals surface area contributed by atoms with E-state index in [0.717, 1.165) is 11.5 Å². The predicted molar refractivity (Wildman–Crippen MR) is 62.5 cm³/mol.